The van der Waals surface area contributed by atoms with Crippen LogP contribution in [0.4, 0.5) is 13.2 Å². The zero-order chi connectivity index (χ0) is 12.6. The van der Waals surface area contributed by atoms with Gasteiger partial charge in [-0.05, 0) is 17.7 Å². The third-order valence-corrected chi connectivity index (χ3v) is 2.86. The summed E-state index contributed by atoms with van der Waals surface area (Å²) >= 11 is 0. The summed E-state index contributed by atoms with van der Waals surface area (Å²) in [4.78, 5) is -0.947. The van der Waals surface area contributed by atoms with Gasteiger partial charge < -0.3 is 5.73 Å². The molecule has 0 aromatic heterocycles. The lowest BCUT2D eigenvalue weighted by Crippen LogP contribution is -2.19. The van der Waals surface area contributed by atoms with Crippen LogP contribution in [0.1, 0.15) is 11.1 Å². The molecule has 0 fully saturated rings. The summed E-state index contributed by atoms with van der Waals surface area (Å²) in [5, 5.41) is 4.69. The first-order valence-electron chi connectivity index (χ1n) is 4.09. The first-order valence-corrected chi connectivity index (χ1v) is 5.64. The van der Waals surface area contributed by atoms with Crippen molar-refractivity contribution in [2.75, 3.05) is 0 Å². The van der Waals surface area contributed by atoms with Crippen molar-refractivity contribution >= 4 is 22.4 Å². The van der Waals surface area contributed by atoms with Crippen LogP contribution in [0.3, 0.4) is 0 Å². The predicted octanol–water partition coefficient (Wildman–Crippen LogP) is 1.23. The van der Waals surface area contributed by atoms with E-state index in [4.69, 9.17) is 5.73 Å². The van der Waals surface area contributed by atoms with Crippen LogP contribution >= 0.6 is 12.4 Å². The number of sulfonamides is 1. The fraction of sp³-hybridized carbons (Fsp3) is 0.250. The van der Waals surface area contributed by atoms with Crippen LogP contribution in [-0.4, -0.2) is 8.42 Å². The molecule has 0 amide bonds. The molecule has 0 atom stereocenters. The highest BCUT2D eigenvalue weighted by Gasteiger charge is 2.36. The van der Waals surface area contributed by atoms with Crippen molar-refractivity contribution in [3.05, 3.63) is 29.3 Å². The first kappa shape index (κ1) is 16.2. The molecule has 0 radical (unpaired) electrons. The molecule has 0 aliphatic carbocycles. The van der Waals surface area contributed by atoms with Crippen LogP contribution < -0.4 is 10.9 Å². The fourth-order valence-corrected chi connectivity index (χ4v) is 1.91. The van der Waals surface area contributed by atoms with E-state index < -0.39 is 26.7 Å². The van der Waals surface area contributed by atoms with Crippen LogP contribution in [0.2, 0.25) is 0 Å². The number of nitrogens with two attached hydrogens (primary N) is 2. The van der Waals surface area contributed by atoms with E-state index in [2.05, 4.69) is 5.14 Å². The largest absolute Gasteiger partial charge is 0.417 e. The zero-order valence-corrected chi connectivity index (χ0v) is 9.99. The lowest BCUT2D eigenvalue weighted by atomic mass is 10.1. The number of primary sulfonamides is 1. The Morgan fingerprint density at radius 3 is 2.12 bits per heavy atom. The molecule has 4 N–H and O–H groups in total. The average molecular weight is 291 g/mol. The minimum absolute atomic E-state index is 0. The van der Waals surface area contributed by atoms with Gasteiger partial charge in [0, 0.05) is 6.54 Å². The highest BCUT2D eigenvalue weighted by molar-refractivity contribution is 7.89. The number of alkyl halides is 3. The van der Waals surface area contributed by atoms with Crippen LogP contribution in [0.15, 0.2) is 23.1 Å². The Hall–Kier alpha value is -0.830. The first-order chi connectivity index (χ1) is 7.16. The molecule has 0 aliphatic heterocycles. The van der Waals surface area contributed by atoms with Crippen molar-refractivity contribution in [3.8, 4) is 0 Å². The second kappa shape index (κ2) is 5.21. The number of hydrogen-bond donors (Lipinski definition) is 2. The van der Waals surface area contributed by atoms with Gasteiger partial charge in [0.2, 0.25) is 10.0 Å². The molecular formula is C8H10ClF3N2O2S. The van der Waals surface area contributed by atoms with Gasteiger partial charge in [-0.3, -0.25) is 0 Å². The Labute approximate surface area is 102 Å². The molecule has 98 valence electrons. The topological polar surface area (TPSA) is 86.2 Å². The predicted molar refractivity (Wildman–Crippen MR) is 58.0 cm³/mol. The summed E-state index contributed by atoms with van der Waals surface area (Å²) in [5.41, 5.74) is 4.06. The Kier molecular flexibility index (Phi) is 4.96. The molecule has 0 aliphatic rings. The molecule has 17 heavy (non-hydrogen) atoms. The summed E-state index contributed by atoms with van der Waals surface area (Å²) in [6.45, 7) is -0.117. The maximum atomic E-state index is 12.5. The van der Waals surface area contributed by atoms with Gasteiger partial charge in [-0.15, -0.1) is 12.4 Å². The van der Waals surface area contributed by atoms with Crippen molar-refractivity contribution in [2.24, 2.45) is 10.9 Å². The van der Waals surface area contributed by atoms with Crippen molar-refractivity contribution in [1.29, 1.82) is 0 Å². The SMILES string of the molecule is Cl.NCc1ccc(S(N)(=O)=O)c(C(F)(F)F)c1. The van der Waals surface area contributed by atoms with Crippen molar-refractivity contribution in [1.82, 2.24) is 0 Å². The van der Waals surface area contributed by atoms with E-state index in [0.717, 1.165) is 6.07 Å². The van der Waals surface area contributed by atoms with E-state index in [9.17, 15) is 21.6 Å². The summed E-state index contributed by atoms with van der Waals surface area (Å²) in [6, 6.07) is 2.68. The number of benzene rings is 1. The molecule has 9 heteroatoms. The number of halogens is 4. The molecule has 1 rings (SSSR count). The van der Waals surface area contributed by atoms with Gasteiger partial charge in [0.05, 0.1) is 10.5 Å². The van der Waals surface area contributed by atoms with E-state index in [0.29, 0.717) is 6.07 Å². The Morgan fingerprint density at radius 2 is 1.76 bits per heavy atom. The minimum Gasteiger partial charge on any atom is -0.326 e. The van der Waals surface area contributed by atoms with E-state index in [-0.39, 0.29) is 24.5 Å². The van der Waals surface area contributed by atoms with Gasteiger partial charge in [0.1, 0.15) is 0 Å². The molecule has 0 saturated carbocycles. The minimum atomic E-state index is -4.78. The molecule has 0 bridgehead atoms. The van der Waals surface area contributed by atoms with Crippen LogP contribution in [0.5, 0.6) is 0 Å². The van der Waals surface area contributed by atoms with Gasteiger partial charge in [-0.2, -0.15) is 13.2 Å². The van der Waals surface area contributed by atoms with E-state index in [1.807, 2.05) is 0 Å². The number of hydrogen-bond acceptors (Lipinski definition) is 3. The van der Waals surface area contributed by atoms with E-state index >= 15 is 0 Å². The van der Waals surface area contributed by atoms with Crippen LogP contribution in [0.25, 0.3) is 0 Å². The highest BCUT2D eigenvalue weighted by atomic mass is 35.5. The zero-order valence-electron chi connectivity index (χ0n) is 8.36. The Morgan fingerprint density at radius 1 is 1.24 bits per heavy atom. The van der Waals surface area contributed by atoms with Crippen LogP contribution in [0, 0.1) is 0 Å². The second-order valence-electron chi connectivity index (χ2n) is 3.08. The maximum absolute atomic E-state index is 12.5. The Balaban J connectivity index is 0.00000256. The lowest BCUT2D eigenvalue weighted by molar-refractivity contribution is -0.139. The third-order valence-electron chi connectivity index (χ3n) is 1.89. The fourth-order valence-electron chi connectivity index (χ4n) is 1.17. The standard InChI is InChI=1S/C8H9F3N2O2S.ClH/c9-8(10,11)6-3-5(4-12)1-2-7(6)16(13,14)15;/h1-3H,4,12H2,(H2,13,14,15);1H. The van der Waals surface area contributed by atoms with Gasteiger partial charge >= 0.3 is 6.18 Å². The molecule has 4 nitrogen and oxygen atoms in total. The lowest BCUT2D eigenvalue weighted by Gasteiger charge is -2.12. The molecule has 0 heterocycles. The Bertz CT molecular complexity index is 502. The summed E-state index contributed by atoms with van der Waals surface area (Å²) < 4.78 is 59.5. The molecule has 0 unspecified atom stereocenters. The highest BCUT2D eigenvalue weighted by Crippen LogP contribution is 2.34. The molecule has 1 aromatic carbocycles. The molecule has 0 saturated heterocycles. The summed E-state index contributed by atoms with van der Waals surface area (Å²) in [6.07, 6.45) is -4.78. The van der Waals surface area contributed by atoms with Gasteiger partial charge in [0.25, 0.3) is 0 Å². The summed E-state index contributed by atoms with van der Waals surface area (Å²) in [7, 11) is -4.40. The summed E-state index contributed by atoms with van der Waals surface area (Å²) in [5.74, 6) is 0. The van der Waals surface area contributed by atoms with Crippen molar-refractivity contribution in [2.45, 2.75) is 17.6 Å². The van der Waals surface area contributed by atoms with Crippen molar-refractivity contribution in [3.63, 3.8) is 0 Å². The maximum Gasteiger partial charge on any atom is 0.417 e. The quantitative estimate of drug-likeness (QED) is 0.859. The van der Waals surface area contributed by atoms with Gasteiger partial charge in [0.15, 0.2) is 0 Å². The van der Waals surface area contributed by atoms with Gasteiger partial charge in [-0.25, -0.2) is 13.6 Å². The number of rotatable bonds is 2. The van der Waals surface area contributed by atoms with Gasteiger partial charge in [-0.1, -0.05) is 6.07 Å². The average Bonchev–Trinajstić information content (AvgIpc) is 2.14. The monoisotopic (exact) mass is 290 g/mol. The van der Waals surface area contributed by atoms with Crippen molar-refractivity contribution < 1.29 is 21.6 Å². The van der Waals surface area contributed by atoms with E-state index in [1.54, 1.807) is 0 Å². The smallest absolute Gasteiger partial charge is 0.326 e. The van der Waals surface area contributed by atoms with Crippen LogP contribution in [-0.2, 0) is 22.7 Å². The third kappa shape index (κ3) is 3.84. The van der Waals surface area contributed by atoms with E-state index in [1.165, 1.54) is 6.07 Å². The molecule has 1 aromatic rings. The molecule has 0 spiro atoms. The molecular weight excluding hydrogens is 281 g/mol. The second-order valence-corrected chi connectivity index (χ2v) is 4.61. The normalized spacial score (nSPS) is 12.1.